The lowest BCUT2D eigenvalue weighted by molar-refractivity contribution is -0.0572. The summed E-state index contributed by atoms with van der Waals surface area (Å²) in [4.78, 5) is 6.23. The first-order chi connectivity index (χ1) is 10.1. The van der Waals surface area contributed by atoms with E-state index in [1.165, 1.54) is 0 Å². The van der Waals surface area contributed by atoms with E-state index < -0.39 is 5.60 Å². The second kappa shape index (κ2) is 5.50. The van der Waals surface area contributed by atoms with E-state index in [-0.39, 0.29) is 0 Å². The summed E-state index contributed by atoms with van der Waals surface area (Å²) in [5, 5.41) is 12.7. The van der Waals surface area contributed by atoms with E-state index in [0.717, 1.165) is 22.1 Å². The molecule has 0 radical (unpaired) electrons. The van der Waals surface area contributed by atoms with Gasteiger partial charge in [0.2, 0.25) is 0 Å². The predicted molar refractivity (Wildman–Crippen MR) is 84.4 cm³/mol. The summed E-state index contributed by atoms with van der Waals surface area (Å²) < 4.78 is 5.33. The maximum absolute atomic E-state index is 10.7. The zero-order valence-corrected chi connectivity index (χ0v) is 12.2. The van der Waals surface area contributed by atoms with E-state index in [9.17, 15) is 5.11 Å². The van der Waals surface area contributed by atoms with E-state index in [4.69, 9.17) is 10.5 Å². The van der Waals surface area contributed by atoms with Crippen LogP contribution in [-0.2, 0) is 4.74 Å². The van der Waals surface area contributed by atoms with E-state index in [0.29, 0.717) is 32.6 Å². The summed E-state index contributed by atoms with van der Waals surface area (Å²) >= 11 is 0. The van der Waals surface area contributed by atoms with Crippen LogP contribution in [0.1, 0.15) is 12.8 Å². The van der Waals surface area contributed by atoms with Gasteiger partial charge in [-0.2, -0.15) is 0 Å². The van der Waals surface area contributed by atoms with Crippen molar-refractivity contribution in [2.45, 2.75) is 18.4 Å². The number of likely N-dealkylation sites (N-methyl/N-ethyl adjacent to an activating group) is 1. The molecule has 1 saturated heterocycles. The highest BCUT2D eigenvalue weighted by atomic mass is 16.5. The SMILES string of the molecule is CN(CC1(O)CCOCC1)c1ccc(N)c2cnccc12. The number of aliphatic hydroxyl groups is 1. The minimum Gasteiger partial charge on any atom is -0.398 e. The van der Waals surface area contributed by atoms with Crippen molar-refractivity contribution in [1.82, 2.24) is 4.98 Å². The van der Waals surface area contributed by atoms with Crippen molar-refractivity contribution >= 4 is 22.1 Å². The number of fused-ring (bicyclic) bond motifs is 1. The van der Waals surface area contributed by atoms with E-state index in [1.807, 2.05) is 25.2 Å². The third kappa shape index (κ3) is 2.80. The minimum absolute atomic E-state index is 0.581. The van der Waals surface area contributed by atoms with Crippen LogP contribution in [0.5, 0.6) is 0 Å². The van der Waals surface area contributed by atoms with Gasteiger partial charge in [-0.1, -0.05) is 0 Å². The number of nitrogen functional groups attached to an aromatic ring is 1. The van der Waals surface area contributed by atoms with Crippen molar-refractivity contribution in [3.63, 3.8) is 0 Å². The lowest BCUT2D eigenvalue weighted by Crippen LogP contribution is -2.45. The second-order valence-electron chi connectivity index (χ2n) is 5.79. The molecular formula is C16H21N3O2. The number of rotatable bonds is 3. The molecule has 0 unspecified atom stereocenters. The highest BCUT2D eigenvalue weighted by Gasteiger charge is 2.31. The van der Waals surface area contributed by atoms with Crippen LogP contribution < -0.4 is 10.6 Å². The molecule has 1 aromatic heterocycles. The van der Waals surface area contributed by atoms with Gasteiger partial charge >= 0.3 is 0 Å². The van der Waals surface area contributed by atoms with Gasteiger partial charge in [0.15, 0.2) is 0 Å². The molecule has 1 aromatic carbocycles. The van der Waals surface area contributed by atoms with Crippen molar-refractivity contribution < 1.29 is 9.84 Å². The summed E-state index contributed by atoms with van der Waals surface area (Å²) in [7, 11) is 2.00. The molecule has 1 aliphatic rings. The van der Waals surface area contributed by atoms with Gasteiger partial charge in [0.1, 0.15) is 0 Å². The third-order valence-electron chi connectivity index (χ3n) is 4.20. The van der Waals surface area contributed by atoms with E-state index >= 15 is 0 Å². The highest BCUT2D eigenvalue weighted by molar-refractivity contribution is 6.00. The molecule has 2 aromatic rings. The third-order valence-corrected chi connectivity index (χ3v) is 4.20. The van der Waals surface area contributed by atoms with Crippen molar-refractivity contribution in [2.24, 2.45) is 0 Å². The molecule has 0 atom stereocenters. The number of aromatic nitrogens is 1. The second-order valence-corrected chi connectivity index (χ2v) is 5.79. The number of ether oxygens (including phenoxy) is 1. The summed E-state index contributed by atoms with van der Waals surface area (Å²) in [6, 6.07) is 5.86. The summed E-state index contributed by atoms with van der Waals surface area (Å²) in [6.07, 6.45) is 4.89. The normalized spacial score (nSPS) is 17.8. The Bertz CT molecular complexity index is 638. The predicted octanol–water partition coefficient (Wildman–Crippen LogP) is 1.79. The quantitative estimate of drug-likeness (QED) is 0.842. The number of anilines is 2. The molecular weight excluding hydrogens is 266 g/mol. The number of benzene rings is 1. The summed E-state index contributed by atoms with van der Waals surface area (Å²) in [5.74, 6) is 0. The molecule has 3 rings (SSSR count). The van der Waals surface area contributed by atoms with Gasteiger partial charge in [-0.3, -0.25) is 4.98 Å². The Balaban J connectivity index is 1.91. The molecule has 0 bridgehead atoms. The number of hydrogen-bond acceptors (Lipinski definition) is 5. The molecule has 0 saturated carbocycles. The van der Waals surface area contributed by atoms with Gasteiger partial charge in [-0.25, -0.2) is 0 Å². The zero-order valence-electron chi connectivity index (χ0n) is 12.2. The summed E-state index contributed by atoms with van der Waals surface area (Å²) in [6.45, 7) is 1.82. The standard InChI is InChI=1S/C16H21N3O2/c1-19(11-16(20)5-8-21-9-6-16)15-3-2-14(17)13-10-18-7-4-12(13)15/h2-4,7,10,20H,5-6,8-9,11,17H2,1H3. The van der Waals surface area contributed by atoms with Crippen LogP contribution in [0.2, 0.25) is 0 Å². The van der Waals surface area contributed by atoms with Gasteiger partial charge in [-0.05, 0) is 18.2 Å². The van der Waals surface area contributed by atoms with Crippen LogP contribution in [0.3, 0.4) is 0 Å². The van der Waals surface area contributed by atoms with Gasteiger partial charge in [0, 0.05) is 74.2 Å². The Morgan fingerprint density at radius 3 is 2.81 bits per heavy atom. The lowest BCUT2D eigenvalue weighted by Gasteiger charge is -2.36. The fourth-order valence-electron chi connectivity index (χ4n) is 2.97. The number of pyridine rings is 1. The van der Waals surface area contributed by atoms with Crippen LogP contribution in [0.4, 0.5) is 11.4 Å². The topological polar surface area (TPSA) is 71.6 Å². The smallest absolute Gasteiger partial charge is 0.0865 e. The van der Waals surface area contributed by atoms with E-state index in [2.05, 4.69) is 9.88 Å². The molecule has 0 spiro atoms. The average molecular weight is 287 g/mol. The molecule has 5 nitrogen and oxygen atoms in total. The number of nitrogens with two attached hydrogens (primary N) is 1. The van der Waals surface area contributed by atoms with Gasteiger partial charge in [0.05, 0.1) is 5.60 Å². The molecule has 5 heteroatoms. The molecule has 1 aliphatic heterocycles. The Morgan fingerprint density at radius 2 is 2.05 bits per heavy atom. The highest BCUT2D eigenvalue weighted by Crippen LogP contribution is 2.31. The molecule has 1 fully saturated rings. The van der Waals surface area contributed by atoms with Gasteiger partial charge < -0.3 is 20.5 Å². The first-order valence-electron chi connectivity index (χ1n) is 7.23. The first-order valence-corrected chi connectivity index (χ1v) is 7.23. The van der Waals surface area contributed by atoms with Crippen LogP contribution in [0.25, 0.3) is 10.8 Å². The molecule has 3 N–H and O–H groups in total. The minimum atomic E-state index is -0.687. The molecule has 0 amide bonds. The van der Waals surface area contributed by atoms with Crippen molar-refractivity contribution in [1.29, 1.82) is 0 Å². The van der Waals surface area contributed by atoms with Gasteiger partial charge in [-0.15, -0.1) is 0 Å². The van der Waals surface area contributed by atoms with Crippen molar-refractivity contribution in [3.05, 3.63) is 30.6 Å². The van der Waals surface area contributed by atoms with Crippen molar-refractivity contribution in [2.75, 3.05) is 37.4 Å². The lowest BCUT2D eigenvalue weighted by atomic mass is 9.93. The van der Waals surface area contributed by atoms with Crippen LogP contribution in [-0.4, -0.2) is 42.5 Å². The first kappa shape index (κ1) is 14.1. The Kier molecular flexibility index (Phi) is 3.69. The Labute approximate surface area is 124 Å². The maximum Gasteiger partial charge on any atom is 0.0865 e. The van der Waals surface area contributed by atoms with Gasteiger partial charge in [0.25, 0.3) is 0 Å². The van der Waals surface area contributed by atoms with Crippen LogP contribution in [0.15, 0.2) is 30.6 Å². The van der Waals surface area contributed by atoms with Crippen LogP contribution in [0, 0.1) is 0 Å². The molecule has 112 valence electrons. The zero-order chi connectivity index (χ0) is 14.9. The van der Waals surface area contributed by atoms with Crippen LogP contribution >= 0.6 is 0 Å². The fourth-order valence-corrected chi connectivity index (χ4v) is 2.97. The fraction of sp³-hybridized carbons (Fsp3) is 0.438. The largest absolute Gasteiger partial charge is 0.398 e. The summed E-state index contributed by atoms with van der Waals surface area (Å²) in [5.41, 5.74) is 7.10. The van der Waals surface area contributed by atoms with E-state index in [1.54, 1.807) is 12.4 Å². The maximum atomic E-state index is 10.7. The number of nitrogens with zero attached hydrogens (tertiary/aromatic N) is 2. The molecule has 0 aliphatic carbocycles. The van der Waals surface area contributed by atoms with Crippen molar-refractivity contribution in [3.8, 4) is 0 Å². The number of hydrogen-bond donors (Lipinski definition) is 2. The Hall–Kier alpha value is -1.85. The molecule has 21 heavy (non-hydrogen) atoms. The monoisotopic (exact) mass is 287 g/mol. The Morgan fingerprint density at radius 1 is 1.29 bits per heavy atom. The molecule has 2 heterocycles. The average Bonchev–Trinajstić information content (AvgIpc) is 2.48.